The number of carbonyl (C=O) groups excluding carboxylic acids is 2. The van der Waals surface area contributed by atoms with E-state index in [-0.39, 0.29) is 11.3 Å². The Morgan fingerprint density at radius 1 is 1.03 bits per heavy atom. The molecule has 0 aliphatic carbocycles. The topological polar surface area (TPSA) is 79.3 Å². The van der Waals surface area contributed by atoms with Crippen LogP contribution in [0.3, 0.4) is 0 Å². The predicted octanol–water partition coefficient (Wildman–Crippen LogP) is 3.62. The smallest absolute Gasteiger partial charge is 0.295 e. The first-order valence-corrected chi connectivity index (χ1v) is 12.0. The quantitative estimate of drug-likeness (QED) is 0.264. The Balaban J connectivity index is 1.66. The van der Waals surface area contributed by atoms with E-state index in [1.807, 2.05) is 30.3 Å². The average molecular weight is 465 g/mol. The maximum absolute atomic E-state index is 13.1. The van der Waals surface area contributed by atoms with Gasteiger partial charge in [-0.05, 0) is 24.1 Å². The van der Waals surface area contributed by atoms with Crippen LogP contribution in [0.25, 0.3) is 5.76 Å². The molecule has 0 saturated carbocycles. The van der Waals surface area contributed by atoms with Crippen molar-refractivity contribution < 1.29 is 24.2 Å². The van der Waals surface area contributed by atoms with E-state index in [1.165, 1.54) is 0 Å². The molecule has 0 aromatic heterocycles. The molecule has 4 rings (SSSR count). The first-order chi connectivity index (χ1) is 16.6. The molecule has 1 unspecified atom stereocenters. The number of ether oxygens (including phenoxy) is 2. The van der Waals surface area contributed by atoms with Crippen molar-refractivity contribution >= 4 is 17.4 Å². The molecule has 2 aliphatic rings. The highest BCUT2D eigenvalue weighted by molar-refractivity contribution is 6.46. The Bertz CT molecular complexity index is 1010. The number of amides is 1. The first kappa shape index (κ1) is 24.0. The van der Waals surface area contributed by atoms with Gasteiger partial charge in [-0.1, -0.05) is 55.8 Å². The van der Waals surface area contributed by atoms with Gasteiger partial charge in [-0.15, -0.1) is 0 Å². The summed E-state index contributed by atoms with van der Waals surface area (Å²) in [6.07, 6.45) is 2.02. The number of unbranched alkanes of at least 4 members (excludes halogenated alkanes) is 1. The van der Waals surface area contributed by atoms with Gasteiger partial charge < -0.3 is 19.5 Å². The molecule has 2 saturated heterocycles. The van der Waals surface area contributed by atoms with E-state index in [0.717, 1.165) is 37.2 Å². The number of hydrogen-bond donors (Lipinski definition) is 1. The van der Waals surface area contributed by atoms with Gasteiger partial charge in [0.1, 0.15) is 11.5 Å². The molecule has 1 atom stereocenters. The fraction of sp³-hybridized carbons (Fsp3) is 0.407. The number of aliphatic hydroxyl groups excluding tert-OH is 1. The highest BCUT2D eigenvalue weighted by Crippen LogP contribution is 2.39. The van der Waals surface area contributed by atoms with Crippen molar-refractivity contribution in [3.8, 4) is 5.75 Å². The highest BCUT2D eigenvalue weighted by Gasteiger charge is 2.46. The summed E-state index contributed by atoms with van der Waals surface area (Å²) in [5.41, 5.74) is 1.40. The number of rotatable bonds is 9. The van der Waals surface area contributed by atoms with Gasteiger partial charge in [0.15, 0.2) is 0 Å². The van der Waals surface area contributed by atoms with E-state index in [9.17, 15) is 14.7 Å². The molecule has 34 heavy (non-hydrogen) atoms. The van der Waals surface area contributed by atoms with Crippen molar-refractivity contribution in [2.45, 2.75) is 25.8 Å². The van der Waals surface area contributed by atoms with Crippen LogP contribution in [0.1, 0.15) is 36.9 Å². The maximum Gasteiger partial charge on any atom is 0.295 e. The maximum atomic E-state index is 13.1. The van der Waals surface area contributed by atoms with Gasteiger partial charge >= 0.3 is 0 Å². The summed E-state index contributed by atoms with van der Waals surface area (Å²) in [6.45, 7) is 6.68. The third kappa shape index (κ3) is 5.32. The third-order valence-corrected chi connectivity index (χ3v) is 6.31. The van der Waals surface area contributed by atoms with Crippen molar-refractivity contribution in [1.82, 2.24) is 9.80 Å². The van der Waals surface area contributed by atoms with E-state index in [0.29, 0.717) is 38.5 Å². The number of carbonyl (C=O) groups is 2. The normalized spacial score (nSPS) is 20.6. The number of likely N-dealkylation sites (tertiary alicyclic amines) is 1. The van der Waals surface area contributed by atoms with Crippen LogP contribution in [0.15, 0.2) is 60.2 Å². The summed E-state index contributed by atoms with van der Waals surface area (Å²) in [5, 5.41) is 11.1. The third-order valence-electron chi connectivity index (χ3n) is 6.31. The second-order valence-corrected chi connectivity index (χ2v) is 8.58. The van der Waals surface area contributed by atoms with Gasteiger partial charge in [-0.2, -0.15) is 0 Å². The minimum Gasteiger partial charge on any atom is -0.507 e. The van der Waals surface area contributed by atoms with Crippen molar-refractivity contribution in [2.75, 3.05) is 46.0 Å². The lowest BCUT2D eigenvalue weighted by Gasteiger charge is -2.31. The average Bonchev–Trinajstić information content (AvgIpc) is 3.13. The van der Waals surface area contributed by atoms with Crippen LogP contribution >= 0.6 is 0 Å². The second kappa shape index (κ2) is 11.3. The van der Waals surface area contributed by atoms with Crippen molar-refractivity contribution in [2.24, 2.45) is 0 Å². The molecule has 7 heteroatoms. The molecule has 7 nitrogen and oxygen atoms in total. The molecule has 180 valence electrons. The van der Waals surface area contributed by atoms with Crippen LogP contribution in [-0.4, -0.2) is 72.6 Å². The van der Waals surface area contributed by atoms with Crippen LogP contribution in [0, 0.1) is 0 Å². The van der Waals surface area contributed by atoms with Gasteiger partial charge in [-0.25, -0.2) is 0 Å². The SMILES string of the molecule is CCCCOc1ccc(C2C(=C(O)c3ccccc3)C(=O)C(=O)N2CCN2CCOCC2)cc1. The van der Waals surface area contributed by atoms with E-state index in [1.54, 1.807) is 29.2 Å². The van der Waals surface area contributed by atoms with E-state index >= 15 is 0 Å². The van der Waals surface area contributed by atoms with Gasteiger partial charge in [0.2, 0.25) is 0 Å². The minimum atomic E-state index is -0.661. The lowest BCUT2D eigenvalue weighted by atomic mass is 9.95. The molecule has 2 heterocycles. The number of nitrogens with zero attached hydrogens (tertiary/aromatic N) is 2. The standard InChI is InChI=1S/C27H32N2O5/c1-2-3-17-34-22-11-9-20(10-12-22)24-23(25(30)21-7-5-4-6-8-21)26(31)27(32)29(24)14-13-28-15-18-33-19-16-28/h4-12,24,30H,2-3,13-19H2,1H3. The summed E-state index contributed by atoms with van der Waals surface area (Å²) in [6, 6.07) is 15.7. The Kier molecular flexibility index (Phi) is 7.98. The fourth-order valence-corrected chi connectivity index (χ4v) is 4.36. The summed E-state index contributed by atoms with van der Waals surface area (Å²) >= 11 is 0. The molecule has 2 fully saturated rings. The number of benzene rings is 2. The Hall–Kier alpha value is -3.16. The zero-order chi connectivity index (χ0) is 23.9. The lowest BCUT2D eigenvalue weighted by molar-refractivity contribution is -0.140. The summed E-state index contributed by atoms with van der Waals surface area (Å²) < 4.78 is 11.2. The van der Waals surface area contributed by atoms with E-state index < -0.39 is 17.7 Å². The minimum absolute atomic E-state index is 0.123. The van der Waals surface area contributed by atoms with Crippen LogP contribution in [-0.2, 0) is 14.3 Å². The van der Waals surface area contributed by atoms with Crippen LogP contribution in [0.5, 0.6) is 5.75 Å². The zero-order valence-corrected chi connectivity index (χ0v) is 19.6. The lowest BCUT2D eigenvalue weighted by Crippen LogP contribution is -2.42. The van der Waals surface area contributed by atoms with Gasteiger partial charge in [-0.3, -0.25) is 14.5 Å². The van der Waals surface area contributed by atoms with Crippen LogP contribution in [0.4, 0.5) is 0 Å². The molecule has 1 N–H and O–H groups in total. The van der Waals surface area contributed by atoms with Crippen LogP contribution < -0.4 is 4.74 Å². The molecule has 0 spiro atoms. The summed E-state index contributed by atoms with van der Waals surface area (Å²) in [7, 11) is 0. The molecular formula is C27H32N2O5. The Morgan fingerprint density at radius 2 is 1.74 bits per heavy atom. The molecule has 0 bridgehead atoms. The first-order valence-electron chi connectivity index (χ1n) is 12.0. The number of morpholine rings is 1. The van der Waals surface area contributed by atoms with Crippen molar-refractivity contribution in [3.05, 3.63) is 71.3 Å². The summed E-state index contributed by atoms with van der Waals surface area (Å²) in [4.78, 5) is 30.1. The highest BCUT2D eigenvalue weighted by atomic mass is 16.5. The van der Waals surface area contributed by atoms with E-state index in [4.69, 9.17) is 9.47 Å². The second-order valence-electron chi connectivity index (χ2n) is 8.58. The molecular weight excluding hydrogens is 432 g/mol. The molecule has 2 aromatic carbocycles. The van der Waals surface area contributed by atoms with Gasteiger partial charge in [0.25, 0.3) is 11.7 Å². The van der Waals surface area contributed by atoms with Crippen molar-refractivity contribution in [3.63, 3.8) is 0 Å². The monoisotopic (exact) mass is 464 g/mol. The van der Waals surface area contributed by atoms with Gasteiger partial charge in [0, 0.05) is 31.7 Å². The van der Waals surface area contributed by atoms with E-state index in [2.05, 4.69) is 11.8 Å². The zero-order valence-electron chi connectivity index (χ0n) is 19.6. The van der Waals surface area contributed by atoms with Crippen molar-refractivity contribution in [1.29, 1.82) is 0 Å². The van der Waals surface area contributed by atoms with Gasteiger partial charge in [0.05, 0.1) is 31.4 Å². The molecule has 2 aromatic rings. The summed E-state index contributed by atoms with van der Waals surface area (Å²) in [5.74, 6) is -0.651. The number of ketones is 1. The molecule has 0 radical (unpaired) electrons. The van der Waals surface area contributed by atoms with Crippen LogP contribution in [0.2, 0.25) is 0 Å². The Morgan fingerprint density at radius 3 is 2.41 bits per heavy atom. The predicted molar refractivity (Wildman–Crippen MR) is 130 cm³/mol. The molecule has 1 amide bonds. The number of aliphatic hydroxyl groups is 1. The largest absolute Gasteiger partial charge is 0.507 e. The fourth-order valence-electron chi connectivity index (χ4n) is 4.36. The number of Topliss-reactive ketones (excluding diaryl/α,β-unsaturated/α-hetero) is 1. The number of hydrogen-bond acceptors (Lipinski definition) is 6. The molecule has 2 aliphatic heterocycles. The Labute approximate surface area is 200 Å².